The first-order valence-electron chi connectivity index (χ1n) is 9.57. The van der Waals surface area contributed by atoms with E-state index in [0.717, 1.165) is 57.1 Å². The van der Waals surface area contributed by atoms with E-state index in [1.165, 1.54) is 10.9 Å². The van der Waals surface area contributed by atoms with Crippen LogP contribution >= 0.6 is 0 Å². The predicted molar refractivity (Wildman–Crippen MR) is 109 cm³/mol. The monoisotopic (exact) mass is 368 g/mol. The number of nitrogens with zero attached hydrogens (tertiary/aromatic N) is 5. The van der Waals surface area contributed by atoms with Crippen molar-refractivity contribution in [1.82, 2.24) is 19.5 Å². The Morgan fingerprint density at radius 3 is 2.78 bits per heavy atom. The number of nitrogen functional groups attached to an aromatic ring is 1. The molecule has 144 valence electrons. The number of anilines is 1. The van der Waals surface area contributed by atoms with Gasteiger partial charge in [-0.15, -0.1) is 0 Å². The maximum absolute atomic E-state index is 5.94. The van der Waals surface area contributed by atoms with Crippen molar-refractivity contribution in [3.8, 4) is 0 Å². The average molecular weight is 368 g/mol. The van der Waals surface area contributed by atoms with Crippen molar-refractivity contribution >= 4 is 22.8 Å². The molecule has 0 amide bonds. The maximum atomic E-state index is 5.94. The van der Waals surface area contributed by atoms with Crippen molar-refractivity contribution in [2.24, 2.45) is 4.99 Å². The van der Waals surface area contributed by atoms with Gasteiger partial charge in [-0.1, -0.05) is 6.07 Å². The van der Waals surface area contributed by atoms with Gasteiger partial charge in [0.2, 0.25) is 0 Å². The highest BCUT2D eigenvalue weighted by molar-refractivity contribution is 5.83. The molecule has 7 nitrogen and oxygen atoms in total. The lowest BCUT2D eigenvalue weighted by molar-refractivity contribution is -0.0228. The Morgan fingerprint density at radius 2 is 1.96 bits per heavy atom. The van der Waals surface area contributed by atoms with E-state index >= 15 is 0 Å². The minimum atomic E-state index is 0.677. The zero-order valence-electron chi connectivity index (χ0n) is 15.9. The average Bonchev–Trinajstić information content (AvgIpc) is 3.11. The van der Waals surface area contributed by atoms with Gasteiger partial charge >= 0.3 is 0 Å². The highest BCUT2D eigenvalue weighted by atomic mass is 16.5. The number of benzene rings is 1. The smallest absolute Gasteiger partial charge is 0.154 e. The summed E-state index contributed by atoms with van der Waals surface area (Å²) >= 11 is 0. The summed E-state index contributed by atoms with van der Waals surface area (Å²) in [7, 11) is 1.68. The first-order valence-corrected chi connectivity index (χ1v) is 9.57. The molecule has 0 saturated carbocycles. The molecule has 0 spiro atoms. The first-order chi connectivity index (χ1) is 13.2. The molecule has 4 rings (SSSR count). The van der Waals surface area contributed by atoms with Crippen LogP contribution < -0.4 is 5.73 Å². The van der Waals surface area contributed by atoms with E-state index in [-0.39, 0.29) is 0 Å². The molecule has 7 heteroatoms. The van der Waals surface area contributed by atoms with E-state index in [0.29, 0.717) is 6.67 Å². The highest BCUT2D eigenvalue weighted by Crippen LogP contribution is 2.19. The zero-order valence-corrected chi connectivity index (χ0v) is 15.9. The molecule has 2 aromatic rings. The number of methoxy groups -OCH3 is 1. The summed E-state index contributed by atoms with van der Waals surface area (Å²) in [5.41, 5.74) is 7.99. The van der Waals surface area contributed by atoms with Gasteiger partial charge in [0.1, 0.15) is 6.67 Å². The van der Waals surface area contributed by atoms with Gasteiger partial charge in [-0.2, -0.15) is 0 Å². The minimum absolute atomic E-state index is 0.677. The van der Waals surface area contributed by atoms with Crippen LogP contribution in [-0.4, -0.2) is 72.2 Å². The quantitative estimate of drug-likeness (QED) is 0.790. The van der Waals surface area contributed by atoms with Crippen molar-refractivity contribution in [2.75, 3.05) is 52.2 Å². The molecular formula is C20H28N6O. The fraction of sp³-hybridized carbons (Fsp3) is 0.450. The van der Waals surface area contributed by atoms with Crippen LogP contribution in [0.15, 0.2) is 47.4 Å². The van der Waals surface area contributed by atoms with Gasteiger partial charge in [-0.05, 0) is 36.6 Å². The summed E-state index contributed by atoms with van der Waals surface area (Å²) < 4.78 is 7.59. The largest absolute Gasteiger partial charge is 0.494 e. The lowest BCUT2D eigenvalue weighted by atomic mass is 10.2. The lowest BCUT2D eigenvalue weighted by Crippen LogP contribution is -2.52. The lowest BCUT2D eigenvalue weighted by Gasteiger charge is -2.40. The third-order valence-electron chi connectivity index (χ3n) is 5.34. The van der Waals surface area contributed by atoms with E-state index in [4.69, 9.17) is 10.5 Å². The molecule has 27 heavy (non-hydrogen) atoms. The molecule has 2 N–H and O–H groups in total. The Kier molecular flexibility index (Phi) is 5.31. The number of hydrazine groups is 1. The topological polar surface area (TPSA) is 62.3 Å². The third-order valence-corrected chi connectivity index (χ3v) is 5.34. The number of piperazine rings is 1. The van der Waals surface area contributed by atoms with Crippen LogP contribution in [0.3, 0.4) is 0 Å². The predicted octanol–water partition coefficient (Wildman–Crippen LogP) is 1.98. The van der Waals surface area contributed by atoms with Gasteiger partial charge in [-0.3, -0.25) is 10.0 Å². The molecule has 1 aromatic carbocycles. The Bertz CT molecular complexity index is 834. The second-order valence-electron chi connectivity index (χ2n) is 7.10. The highest BCUT2D eigenvalue weighted by Gasteiger charge is 2.21. The molecule has 3 heterocycles. The Morgan fingerprint density at radius 1 is 1.11 bits per heavy atom. The fourth-order valence-corrected chi connectivity index (χ4v) is 3.79. The molecule has 0 unspecified atom stereocenters. The summed E-state index contributed by atoms with van der Waals surface area (Å²) in [6.07, 6.45) is 7.12. The number of hydrogen-bond acceptors (Lipinski definition) is 6. The maximum Gasteiger partial charge on any atom is 0.154 e. The minimum Gasteiger partial charge on any atom is -0.494 e. The number of hydrogen-bond donors (Lipinski definition) is 1. The Labute approximate surface area is 160 Å². The number of aryl methyl sites for hydroxylation is 1. The van der Waals surface area contributed by atoms with Crippen molar-refractivity contribution in [3.05, 3.63) is 42.4 Å². The van der Waals surface area contributed by atoms with Gasteiger partial charge < -0.3 is 19.9 Å². The van der Waals surface area contributed by atoms with E-state index in [1.807, 2.05) is 12.3 Å². The summed E-state index contributed by atoms with van der Waals surface area (Å²) in [4.78, 5) is 6.90. The molecule has 1 aromatic heterocycles. The number of ether oxygens (including phenoxy) is 1. The van der Waals surface area contributed by atoms with Crippen LogP contribution in [0, 0.1) is 0 Å². The van der Waals surface area contributed by atoms with Gasteiger partial charge in [-0.25, -0.2) is 5.01 Å². The van der Waals surface area contributed by atoms with Crippen LogP contribution in [0.1, 0.15) is 6.42 Å². The van der Waals surface area contributed by atoms with Crippen LogP contribution in [0.2, 0.25) is 0 Å². The number of aliphatic imine (C=N–C) groups is 1. The second kappa shape index (κ2) is 8.02. The Balaban J connectivity index is 1.24. The van der Waals surface area contributed by atoms with Crippen LogP contribution in [0.5, 0.6) is 0 Å². The number of allylic oxidation sites excluding steroid dienone is 1. The number of nitrogens with two attached hydrogens (primary N) is 1. The molecular weight excluding hydrogens is 340 g/mol. The fourth-order valence-electron chi connectivity index (χ4n) is 3.79. The molecule has 2 aliphatic heterocycles. The normalized spacial score (nSPS) is 18.9. The van der Waals surface area contributed by atoms with Gasteiger partial charge in [0, 0.05) is 44.6 Å². The molecule has 0 radical (unpaired) electrons. The van der Waals surface area contributed by atoms with Crippen molar-refractivity contribution in [3.63, 3.8) is 0 Å². The zero-order chi connectivity index (χ0) is 18.6. The molecule has 0 atom stereocenters. The van der Waals surface area contributed by atoms with Crippen LogP contribution in [-0.2, 0) is 11.3 Å². The number of aromatic nitrogens is 1. The van der Waals surface area contributed by atoms with Crippen molar-refractivity contribution in [1.29, 1.82) is 0 Å². The standard InChI is InChI=1S/C20H28N6O/c1-27-19-14-22-16-26(15-19)25-11-9-23(10-12-25)6-2-7-24-8-5-17-3-4-18(21)13-20(17)24/h3-5,8,13-15H,2,6-7,9-12,16,21H2,1H3. The number of fused-ring (bicyclic) bond motifs is 1. The van der Waals surface area contributed by atoms with E-state index in [2.05, 4.69) is 48.9 Å². The third kappa shape index (κ3) is 4.09. The molecule has 1 saturated heterocycles. The van der Waals surface area contributed by atoms with E-state index in [1.54, 1.807) is 13.3 Å². The molecule has 0 aliphatic carbocycles. The summed E-state index contributed by atoms with van der Waals surface area (Å²) in [5.74, 6) is 0.809. The van der Waals surface area contributed by atoms with Crippen molar-refractivity contribution in [2.45, 2.75) is 13.0 Å². The molecule has 0 bridgehead atoms. The number of rotatable bonds is 6. The van der Waals surface area contributed by atoms with Gasteiger partial charge in [0.15, 0.2) is 5.76 Å². The first kappa shape index (κ1) is 17.9. The van der Waals surface area contributed by atoms with E-state index in [9.17, 15) is 0 Å². The summed E-state index contributed by atoms with van der Waals surface area (Å²) in [6, 6.07) is 8.28. The van der Waals surface area contributed by atoms with Gasteiger partial charge in [0.25, 0.3) is 0 Å². The molecule has 2 aliphatic rings. The van der Waals surface area contributed by atoms with Gasteiger partial charge in [0.05, 0.1) is 25.0 Å². The summed E-state index contributed by atoms with van der Waals surface area (Å²) in [6.45, 7) is 7.02. The van der Waals surface area contributed by atoms with Crippen LogP contribution in [0.25, 0.3) is 10.9 Å². The second-order valence-corrected chi connectivity index (χ2v) is 7.10. The SMILES string of the molecule is COC1=CN(N2CCN(CCCn3ccc4ccc(N)cc43)CC2)CN=C1. The summed E-state index contributed by atoms with van der Waals surface area (Å²) in [5, 5.41) is 5.77. The van der Waals surface area contributed by atoms with Crippen molar-refractivity contribution < 1.29 is 4.74 Å². The van der Waals surface area contributed by atoms with E-state index < -0.39 is 0 Å². The van der Waals surface area contributed by atoms with Crippen LogP contribution in [0.4, 0.5) is 5.69 Å². The molecule has 1 fully saturated rings. The Hall–Kier alpha value is -2.51.